The maximum absolute atomic E-state index is 11.8. The zero-order valence-electron chi connectivity index (χ0n) is 12.6. The molecular weight excluding hydrogens is 347 g/mol. The van der Waals surface area contributed by atoms with Crippen LogP contribution in [0.2, 0.25) is 0 Å². The molecule has 2 rings (SSSR count). The number of H-pyrrole nitrogens is 1. The number of carbonyl (C=O) groups is 1. The zero-order chi connectivity index (χ0) is 18.1. The third kappa shape index (κ3) is 4.40. The maximum atomic E-state index is 11.8. The van der Waals surface area contributed by atoms with E-state index in [-0.39, 0.29) is 12.0 Å². The first-order chi connectivity index (χ1) is 11.1. The zero-order valence-corrected chi connectivity index (χ0v) is 13.5. The molecule has 1 aromatic rings. The highest BCUT2D eigenvalue weighted by atomic mass is 31.2. The molecule has 0 saturated carbocycles. The van der Waals surface area contributed by atoms with E-state index in [1.807, 2.05) is 0 Å². The van der Waals surface area contributed by atoms with Gasteiger partial charge in [0, 0.05) is 18.2 Å². The van der Waals surface area contributed by atoms with Crippen LogP contribution in [-0.2, 0) is 18.6 Å². The molecule has 1 aliphatic heterocycles. The van der Waals surface area contributed by atoms with E-state index in [0.717, 1.165) is 4.57 Å². The molecule has 4 unspecified atom stereocenters. The minimum Gasteiger partial charge on any atom is -0.481 e. The highest BCUT2D eigenvalue weighted by Crippen LogP contribution is 2.42. The predicted molar refractivity (Wildman–Crippen MR) is 78.9 cm³/mol. The number of aryl methyl sites for hydroxylation is 1. The van der Waals surface area contributed by atoms with Crippen molar-refractivity contribution in [1.29, 1.82) is 0 Å². The summed E-state index contributed by atoms with van der Waals surface area (Å²) < 4.78 is 22.7. The Hall–Kier alpha value is -1.78. The van der Waals surface area contributed by atoms with Crippen molar-refractivity contribution >= 4 is 13.6 Å². The van der Waals surface area contributed by atoms with Crippen molar-refractivity contribution in [3.63, 3.8) is 0 Å². The lowest BCUT2D eigenvalue weighted by Crippen LogP contribution is -2.33. The first-order valence-corrected chi connectivity index (χ1v) is 8.69. The second kappa shape index (κ2) is 6.99. The summed E-state index contributed by atoms with van der Waals surface area (Å²) in [6.45, 7) is 0.977. The van der Waals surface area contributed by atoms with Gasteiger partial charge in [-0.05, 0) is 6.92 Å². The fraction of sp³-hybridized carbons (Fsp3) is 0.583. The third-order valence-corrected chi connectivity index (χ3v) is 4.66. The van der Waals surface area contributed by atoms with Crippen LogP contribution in [0, 0.1) is 6.92 Å². The van der Waals surface area contributed by atoms with E-state index in [9.17, 15) is 28.9 Å². The van der Waals surface area contributed by atoms with Crippen LogP contribution in [0.15, 0.2) is 15.8 Å². The first-order valence-electron chi connectivity index (χ1n) is 6.93. The summed E-state index contributed by atoms with van der Waals surface area (Å²) in [7, 11) is -4.35. The van der Waals surface area contributed by atoms with Crippen molar-refractivity contribution in [3.05, 3.63) is 32.6 Å². The number of aliphatic hydroxyl groups excluding tert-OH is 1. The number of nitrogens with zero attached hydrogens (tertiary/aromatic N) is 1. The Labute approximate surface area is 135 Å². The number of aromatic nitrogens is 2. The van der Waals surface area contributed by atoms with Gasteiger partial charge in [0.1, 0.15) is 18.5 Å². The van der Waals surface area contributed by atoms with E-state index < -0.39 is 56.0 Å². The number of carboxylic acids is 1. The summed E-state index contributed by atoms with van der Waals surface area (Å²) in [5.74, 6) is -1.50. The molecule has 0 aromatic carbocycles. The van der Waals surface area contributed by atoms with E-state index in [4.69, 9.17) is 9.84 Å². The van der Waals surface area contributed by atoms with E-state index in [0.29, 0.717) is 0 Å². The molecule has 24 heavy (non-hydrogen) atoms. The number of carboxylic acid groups (broad SMARTS) is 1. The van der Waals surface area contributed by atoms with Gasteiger partial charge in [0.25, 0.3) is 5.56 Å². The van der Waals surface area contributed by atoms with Gasteiger partial charge in [0.2, 0.25) is 0 Å². The smallest absolute Gasteiger partial charge is 0.339 e. The monoisotopic (exact) mass is 364 g/mol. The molecule has 1 fully saturated rings. The molecular formula is C12H17N2O9P. The van der Waals surface area contributed by atoms with Crippen molar-refractivity contribution in [2.75, 3.05) is 12.8 Å². The van der Waals surface area contributed by atoms with Crippen LogP contribution in [0.3, 0.4) is 0 Å². The highest BCUT2D eigenvalue weighted by molar-refractivity contribution is 7.53. The molecule has 4 atom stereocenters. The van der Waals surface area contributed by atoms with E-state index in [1.165, 1.54) is 13.1 Å². The molecule has 1 saturated heterocycles. The summed E-state index contributed by atoms with van der Waals surface area (Å²) in [4.78, 5) is 45.0. The highest BCUT2D eigenvalue weighted by Gasteiger charge is 2.37. The average molecular weight is 364 g/mol. The topological polar surface area (TPSA) is 168 Å². The predicted octanol–water partition coefficient (Wildman–Crippen LogP) is -1.22. The van der Waals surface area contributed by atoms with Crippen molar-refractivity contribution in [2.24, 2.45) is 0 Å². The van der Waals surface area contributed by atoms with Gasteiger partial charge < -0.3 is 24.4 Å². The number of hydrogen-bond acceptors (Lipinski definition) is 7. The second-order valence-corrected chi connectivity index (χ2v) is 7.25. The van der Waals surface area contributed by atoms with Crippen LogP contribution >= 0.6 is 7.60 Å². The Bertz CT molecular complexity index is 785. The minimum absolute atomic E-state index is 0.00588. The molecule has 0 radical (unpaired) electrons. The molecule has 4 N–H and O–H groups in total. The summed E-state index contributed by atoms with van der Waals surface area (Å²) in [6, 6.07) is 0. The summed E-state index contributed by atoms with van der Waals surface area (Å²) in [5.41, 5.74) is -0.985. The number of ether oxygens (including phenoxy) is 1. The Balaban J connectivity index is 2.06. The Morgan fingerprint density at radius 2 is 2.21 bits per heavy atom. The van der Waals surface area contributed by atoms with Gasteiger partial charge >= 0.3 is 19.3 Å². The third-order valence-electron chi connectivity index (χ3n) is 3.44. The number of nitrogens with one attached hydrogen (secondary N) is 1. The summed E-state index contributed by atoms with van der Waals surface area (Å²) in [6.07, 6.45) is -2.81. The van der Waals surface area contributed by atoms with Gasteiger partial charge in [-0.2, -0.15) is 0 Å². The largest absolute Gasteiger partial charge is 0.481 e. The standard InChI is InChI=1S/C12H17N2O9P/c1-6-3-14(12(19)13-11(6)18)9-2-7(15)8(23-9)4-22-24(20,21)5-10(16)17/h3,7-9,15H,2,4-5H2,1H3,(H,16,17)(H,20,21)(H,13,18,19). The first kappa shape index (κ1) is 18.6. The molecule has 2 heterocycles. The lowest BCUT2D eigenvalue weighted by atomic mass is 10.2. The van der Waals surface area contributed by atoms with Crippen molar-refractivity contribution in [1.82, 2.24) is 9.55 Å². The van der Waals surface area contributed by atoms with E-state index >= 15 is 0 Å². The van der Waals surface area contributed by atoms with E-state index in [2.05, 4.69) is 9.51 Å². The summed E-state index contributed by atoms with van der Waals surface area (Å²) >= 11 is 0. The average Bonchev–Trinajstić information content (AvgIpc) is 2.80. The molecule has 0 amide bonds. The van der Waals surface area contributed by atoms with Crippen LogP contribution in [0.4, 0.5) is 0 Å². The molecule has 12 heteroatoms. The normalized spacial score (nSPS) is 26.2. The fourth-order valence-electron chi connectivity index (χ4n) is 2.24. The van der Waals surface area contributed by atoms with Crippen molar-refractivity contribution < 1.29 is 33.7 Å². The maximum Gasteiger partial charge on any atom is 0.339 e. The Kier molecular flexibility index (Phi) is 5.41. The number of aliphatic hydroxyl groups is 1. The molecule has 11 nitrogen and oxygen atoms in total. The van der Waals surface area contributed by atoms with E-state index in [1.54, 1.807) is 0 Å². The van der Waals surface area contributed by atoms with Gasteiger partial charge in [0.05, 0.1) is 12.7 Å². The number of rotatable bonds is 6. The lowest BCUT2D eigenvalue weighted by molar-refractivity contribution is -0.134. The van der Waals surface area contributed by atoms with Gasteiger partial charge in [0.15, 0.2) is 0 Å². The second-order valence-electron chi connectivity index (χ2n) is 5.40. The van der Waals surface area contributed by atoms with Gasteiger partial charge in [-0.1, -0.05) is 0 Å². The molecule has 134 valence electrons. The van der Waals surface area contributed by atoms with Crippen molar-refractivity contribution in [2.45, 2.75) is 31.8 Å². The number of hydrogen-bond donors (Lipinski definition) is 4. The Morgan fingerprint density at radius 1 is 1.54 bits per heavy atom. The quantitative estimate of drug-likeness (QED) is 0.452. The molecule has 1 aromatic heterocycles. The van der Waals surface area contributed by atoms with Gasteiger partial charge in [-0.15, -0.1) is 0 Å². The van der Waals surface area contributed by atoms with Gasteiger partial charge in [-0.25, -0.2) is 4.79 Å². The molecule has 0 bridgehead atoms. The number of aliphatic carboxylic acids is 1. The molecule has 0 spiro atoms. The van der Waals surface area contributed by atoms with Crippen LogP contribution in [-0.4, -0.2) is 55.6 Å². The summed E-state index contributed by atoms with van der Waals surface area (Å²) in [5, 5.41) is 18.4. The lowest BCUT2D eigenvalue weighted by Gasteiger charge is -2.18. The van der Waals surface area contributed by atoms with Crippen LogP contribution in [0.25, 0.3) is 0 Å². The molecule has 1 aliphatic rings. The number of aromatic amines is 1. The van der Waals surface area contributed by atoms with Crippen LogP contribution < -0.4 is 11.2 Å². The molecule has 0 aliphatic carbocycles. The van der Waals surface area contributed by atoms with Crippen LogP contribution in [0.1, 0.15) is 18.2 Å². The fourth-order valence-corrected chi connectivity index (χ4v) is 3.06. The van der Waals surface area contributed by atoms with Crippen LogP contribution in [0.5, 0.6) is 0 Å². The SMILES string of the molecule is Cc1cn(C2CC(O)C(COP(=O)(O)CC(=O)O)O2)c(=O)[nH]c1=O. The Morgan fingerprint density at radius 3 is 2.83 bits per heavy atom. The van der Waals surface area contributed by atoms with Crippen molar-refractivity contribution in [3.8, 4) is 0 Å². The minimum atomic E-state index is -4.35. The van der Waals surface area contributed by atoms with Gasteiger partial charge in [-0.3, -0.25) is 23.7 Å².